The number of hydrogen-bond acceptors (Lipinski definition) is 5. The summed E-state index contributed by atoms with van der Waals surface area (Å²) in [6.45, 7) is 4.97. The molecule has 3 rings (SSSR count). The SMILES string of the molecule is C#CC(CC(C)C)n1cc(Cn2cc(CNC(=O)c3ccccc3)nn2)nn1. The molecule has 2 heterocycles. The van der Waals surface area contributed by atoms with Gasteiger partial charge in [-0.25, -0.2) is 9.36 Å². The Morgan fingerprint density at radius 1 is 1.14 bits per heavy atom. The van der Waals surface area contributed by atoms with Gasteiger partial charge in [0, 0.05) is 5.56 Å². The Morgan fingerprint density at radius 3 is 2.61 bits per heavy atom. The van der Waals surface area contributed by atoms with E-state index in [-0.39, 0.29) is 11.9 Å². The Hall–Kier alpha value is -3.47. The van der Waals surface area contributed by atoms with Gasteiger partial charge in [-0.15, -0.1) is 16.6 Å². The van der Waals surface area contributed by atoms with Gasteiger partial charge in [0.1, 0.15) is 17.4 Å². The zero-order chi connectivity index (χ0) is 19.9. The summed E-state index contributed by atoms with van der Waals surface area (Å²) in [6.07, 6.45) is 10.1. The van der Waals surface area contributed by atoms with E-state index < -0.39 is 0 Å². The fourth-order valence-electron chi connectivity index (χ4n) is 2.76. The highest BCUT2D eigenvalue weighted by Gasteiger charge is 2.13. The van der Waals surface area contributed by atoms with Crippen LogP contribution in [0.4, 0.5) is 0 Å². The number of hydrogen-bond donors (Lipinski definition) is 1. The third kappa shape index (κ3) is 5.04. The van der Waals surface area contributed by atoms with Crippen molar-refractivity contribution < 1.29 is 4.79 Å². The quantitative estimate of drug-likeness (QED) is 0.607. The number of amides is 1. The van der Waals surface area contributed by atoms with Crippen LogP contribution in [0.1, 0.15) is 48.1 Å². The first-order valence-corrected chi connectivity index (χ1v) is 9.14. The Morgan fingerprint density at radius 2 is 1.89 bits per heavy atom. The molecule has 0 aliphatic heterocycles. The second kappa shape index (κ2) is 8.95. The van der Waals surface area contributed by atoms with Gasteiger partial charge < -0.3 is 5.32 Å². The summed E-state index contributed by atoms with van der Waals surface area (Å²) in [5.74, 6) is 3.08. The zero-order valence-corrected chi connectivity index (χ0v) is 16.0. The fourth-order valence-corrected chi connectivity index (χ4v) is 2.76. The molecule has 1 amide bonds. The Balaban J connectivity index is 1.56. The third-order valence-electron chi connectivity index (χ3n) is 4.14. The van der Waals surface area contributed by atoms with Crippen molar-refractivity contribution in [2.24, 2.45) is 5.92 Å². The van der Waals surface area contributed by atoms with Crippen LogP contribution in [-0.4, -0.2) is 35.9 Å². The van der Waals surface area contributed by atoms with Crippen molar-refractivity contribution >= 4 is 5.91 Å². The molecular weight excluding hydrogens is 354 g/mol. The molecule has 0 spiro atoms. The van der Waals surface area contributed by atoms with Gasteiger partial charge in [-0.1, -0.05) is 48.4 Å². The van der Waals surface area contributed by atoms with Gasteiger partial charge in [0.25, 0.3) is 5.91 Å². The minimum Gasteiger partial charge on any atom is -0.346 e. The first-order valence-electron chi connectivity index (χ1n) is 9.14. The molecule has 1 N–H and O–H groups in total. The van der Waals surface area contributed by atoms with E-state index in [4.69, 9.17) is 6.42 Å². The van der Waals surface area contributed by atoms with Crippen LogP contribution in [-0.2, 0) is 13.1 Å². The maximum absolute atomic E-state index is 12.1. The molecule has 8 nitrogen and oxygen atoms in total. The van der Waals surface area contributed by atoms with Crippen molar-refractivity contribution in [2.75, 3.05) is 0 Å². The predicted molar refractivity (Wildman–Crippen MR) is 104 cm³/mol. The van der Waals surface area contributed by atoms with Gasteiger partial charge in [0.15, 0.2) is 0 Å². The Bertz CT molecular complexity index is 952. The van der Waals surface area contributed by atoms with Gasteiger partial charge in [-0.3, -0.25) is 4.79 Å². The lowest BCUT2D eigenvalue weighted by Crippen LogP contribution is -2.22. The molecule has 0 bridgehead atoms. The number of terminal acetylenes is 1. The summed E-state index contributed by atoms with van der Waals surface area (Å²) in [6, 6.07) is 8.93. The lowest BCUT2D eigenvalue weighted by Gasteiger charge is -2.12. The molecule has 8 heteroatoms. The summed E-state index contributed by atoms with van der Waals surface area (Å²) in [5.41, 5.74) is 2.02. The Kier molecular flexibility index (Phi) is 6.17. The highest BCUT2D eigenvalue weighted by Crippen LogP contribution is 2.15. The fraction of sp³-hybridized carbons (Fsp3) is 0.350. The van der Waals surface area contributed by atoms with Gasteiger partial charge in [-0.05, 0) is 24.5 Å². The number of rotatable bonds is 8. The van der Waals surface area contributed by atoms with E-state index in [9.17, 15) is 4.79 Å². The molecule has 0 radical (unpaired) electrons. The molecule has 1 aromatic carbocycles. The van der Waals surface area contributed by atoms with E-state index in [1.165, 1.54) is 0 Å². The van der Waals surface area contributed by atoms with Crippen molar-refractivity contribution in [1.29, 1.82) is 0 Å². The molecule has 3 aromatic rings. The van der Waals surface area contributed by atoms with Gasteiger partial charge >= 0.3 is 0 Å². The molecule has 0 aliphatic carbocycles. The van der Waals surface area contributed by atoms with E-state index in [1.807, 2.05) is 24.4 Å². The first-order chi connectivity index (χ1) is 13.5. The van der Waals surface area contributed by atoms with Crippen molar-refractivity contribution in [2.45, 2.75) is 39.4 Å². The van der Waals surface area contributed by atoms with Crippen molar-refractivity contribution in [3.05, 3.63) is 59.7 Å². The van der Waals surface area contributed by atoms with Gasteiger partial charge in [0.05, 0.1) is 25.5 Å². The smallest absolute Gasteiger partial charge is 0.251 e. The largest absolute Gasteiger partial charge is 0.346 e. The summed E-state index contributed by atoms with van der Waals surface area (Å²) in [7, 11) is 0. The average molecular weight is 377 g/mol. The number of carbonyl (C=O) groups is 1. The number of carbonyl (C=O) groups excluding carboxylic acids is 1. The first kappa shape index (κ1) is 19.3. The molecule has 0 saturated heterocycles. The number of benzene rings is 1. The van der Waals surface area contributed by atoms with Crippen LogP contribution in [0, 0.1) is 18.3 Å². The van der Waals surface area contributed by atoms with Crippen LogP contribution in [0.3, 0.4) is 0 Å². The third-order valence-corrected chi connectivity index (χ3v) is 4.14. The van der Waals surface area contributed by atoms with Crippen LogP contribution in [0.5, 0.6) is 0 Å². The normalized spacial score (nSPS) is 11.9. The van der Waals surface area contributed by atoms with Crippen LogP contribution >= 0.6 is 0 Å². The molecule has 144 valence electrons. The van der Waals surface area contributed by atoms with Crippen molar-refractivity contribution in [1.82, 2.24) is 35.3 Å². The van der Waals surface area contributed by atoms with Crippen LogP contribution in [0.25, 0.3) is 0 Å². The standard InChI is InChI=1S/C20H23N7O/c1-4-19(10-15(2)3)27-14-18(23-25-27)13-26-12-17(22-24-26)11-21-20(28)16-8-6-5-7-9-16/h1,5-9,12,14-15,19H,10-11,13H2,2-3H3,(H,21,28). The Labute approximate surface area is 163 Å². The predicted octanol–water partition coefficient (Wildman–Crippen LogP) is 2.07. The van der Waals surface area contributed by atoms with Crippen LogP contribution < -0.4 is 5.32 Å². The molecule has 28 heavy (non-hydrogen) atoms. The van der Waals surface area contributed by atoms with E-state index in [1.54, 1.807) is 27.7 Å². The average Bonchev–Trinajstić information content (AvgIpc) is 3.34. The number of nitrogens with zero attached hydrogens (tertiary/aromatic N) is 6. The maximum Gasteiger partial charge on any atom is 0.251 e. The molecular formula is C20H23N7O. The molecule has 1 unspecified atom stereocenters. The summed E-state index contributed by atoms with van der Waals surface area (Å²) >= 11 is 0. The van der Waals surface area contributed by atoms with E-state index in [0.29, 0.717) is 30.3 Å². The maximum atomic E-state index is 12.1. The summed E-state index contributed by atoms with van der Waals surface area (Å²) in [5, 5.41) is 19.3. The minimum atomic E-state index is -0.149. The topological polar surface area (TPSA) is 90.5 Å². The summed E-state index contributed by atoms with van der Waals surface area (Å²) in [4.78, 5) is 12.1. The highest BCUT2D eigenvalue weighted by atomic mass is 16.1. The van der Waals surface area contributed by atoms with E-state index in [2.05, 4.69) is 45.7 Å². The number of aromatic nitrogens is 6. The molecule has 0 aliphatic rings. The van der Waals surface area contributed by atoms with E-state index >= 15 is 0 Å². The minimum absolute atomic E-state index is 0.110. The van der Waals surface area contributed by atoms with Crippen LogP contribution in [0.15, 0.2) is 42.7 Å². The van der Waals surface area contributed by atoms with Crippen LogP contribution in [0.2, 0.25) is 0 Å². The van der Waals surface area contributed by atoms with Gasteiger partial charge in [0.2, 0.25) is 0 Å². The monoisotopic (exact) mass is 377 g/mol. The molecule has 0 fully saturated rings. The number of nitrogens with one attached hydrogen (secondary N) is 1. The highest BCUT2D eigenvalue weighted by molar-refractivity contribution is 5.93. The van der Waals surface area contributed by atoms with Crippen molar-refractivity contribution in [3.8, 4) is 12.3 Å². The molecule has 1 atom stereocenters. The zero-order valence-electron chi connectivity index (χ0n) is 16.0. The lowest BCUT2D eigenvalue weighted by molar-refractivity contribution is 0.0950. The summed E-state index contributed by atoms with van der Waals surface area (Å²) < 4.78 is 3.37. The second-order valence-corrected chi connectivity index (χ2v) is 6.96. The van der Waals surface area contributed by atoms with E-state index in [0.717, 1.165) is 12.1 Å². The lowest BCUT2D eigenvalue weighted by atomic mass is 10.0. The van der Waals surface area contributed by atoms with Gasteiger partial charge in [-0.2, -0.15) is 0 Å². The molecule has 2 aromatic heterocycles. The second-order valence-electron chi connectivity index (χ2n) is 6.96. The van der Waals surface area contributed by atoms with Crippen molar-refractivity contribution in [3.63, 3.8) is 0 Å². The molecule has 0 saturated carbocycles.